The number of rotatable bonds is 14. The number of phenolic OH excluding ortho intramolecular Hbond substituents is 3. The molecule has 6 spiro atoms. The van der Waals surface area contributed by atoms with Crippen molar-refractivity contribution in [3.8, 4) is 34.5 Å². The van der Waals surface area contributed by atoms with Gasteiger partial charge in [0.1, 0.15) is 35.1 Å². The van der Waals surface area contributed by atoms with E-state index in [9.17, 15) is 36.1 Å². The van der Waals surface area contributed by atoms with Gasteiger partial charge in [0.15, 0.2) is 34.5 Å². The topological polar surface area (TPSA) is 186 Å². The second kappa shape index (κ2) is 21.6. The summed E-state index contributed by atoms with van der Waals surface area (Å²) in [7, 11) is 5.26. The van der Waals surface area contributed by atoms with Crippen molar-refractivity contribution in [3.05, 3.63) is 69.7 Å². The van der Waals surface area contributed by atoms with Crippen molar-refractivity contribution in [3.63, 3.8) is 0 Å². The summed E-state index contributed by atoms with van der Waals surface area (Å²) >= 11 is 0. The number of nitrogens with zero attached hydrogens (tertiary/aromatic N) is 3. The minimum Gasteiger partial charge on any atom is -0.504 e. The Labute approximate surface area is 625 Å². The molecule has 24 rings (SSSR count). The van der Waals surface area contributed by atoms with Gasteiger partial charge in [0.05, 0.1) is 22.3 Å². The maximum Gasteiger partial charge on any atom is 0.165 e. The summed E-state index contributed by atoms with van der Waals surface area (Å²) in [4.78, 5) is 7.02. The van der Waals surface area contributed by atoms with Crippen LogP contribution in [0.15, 0.2) is 36.3 Å². The monoisotopic (exact) mass is 1420 g/mol. The third kappa shape index (κ3) is 8.21. The first kappa shape index (κ1) is 60.9. The van der Waals surface area contributed by atoms with E-state index in [1.807, 2.05) is 26.8 Å². The molecule has 3 aromatic carbocycles. The van der Waals surface area contributed by atoms with Crippen LogP contribution < -0.4 is 14.2 Å². The Morgan fingerprint density at radius 3 is 1.17 bits per heavy atom. The molecule has 15 fully saturated rings. The van der Waals surface area contributed by atoms with Gasteiger partial charge in [-0.2, -0.15) is 0 Å². The van der Waals surface area contributed by atoms with E-state index >= 15 is 0 Å². The van der Waals surface area contributed by atoms with E-state index < -0.39 is 68.9 Å². The smallest absolute Gasteiger partial charge is 0.165 e. The lowest BCUT2D eigenvalue weighted by Gasteiger charge is -2.75. The predicted octanol–water partition coefficient (Wildman–Crippen LogP) is 13.6. The Morgan fingerprint density at radius 2 is 0.806 bits per heavy atom. The van der Waals surface area contributed by atoms with Gasteiger partial charge < -0.3 is 59.1 Å². The highest BCUT2D eigenvalue weighted by molar-refractivity contribution is 5.67. The van der Waals surface area contributed by atoms with Crippen molar-refractivity contribution in [1.29, 1.82) is 0 Å². The number of aromatic hydroxyl groups is 3. The molecule has 0 unspecified atom stereocenters. The van der Waals surface area contributed by atoms with E-state index in [1.165, 1.54) is 18.4 Å². The van der Waals surface area contributed by atoms with Crippen molar-refractivity contribution in [2.75, 3.05) is 60.5 Å². The van der Waals surface area contributed by atoms with Crippen molar-refractivity contribution in [2.45, 2.75) is 311 Å². The zero-order valence-corrected chi connectivity index (χ0v) is 64.4. The highest BCUT2D eigenvalue weighted by Gasteiger charge is 2.86. The van der Waals surface area contributed by atoms with Crippen molar-refractivity contribution in [1.82, 2.24) is 14.7 Å². The van der Waals surface area contributed by atoms with Gasteiger partial charge in [-0.25, -0.2) is 0 Å². The number of hydrogen-bond donors (Lipinski definition) is 6. The Hall–Kier alpha value is -3.90. The standard InChI is InChI=1S/C30H43NO4.2C29H41NO4/c1-6-26(2,3)27(4,33)21-16-28-11-12-30(21,34-5)25-29(28)13-14-31(17-18-7-8-18)22(28)15-19-9-10-20(32)24(35-25)23(19)29;2*1-25(2,3)26(4,32)20-15-27-10-11-29(20,33-5)24-28(27)12-13-30(16-17-6-7-17)21(27)14-18-8-9-19(31)23(34-24)22(18)28/h9-10,18,21-22,25,32-33H,6-8,11-17H2,1-5H3;2*8-9,17,20-21,24,31-32H,6-7,10-16H2,1-5H3/t21-,22-,25-,27+,28-,29+,30-;2*20-,21-,24-,26+,27-,28+,29-/m111/s1/i17D2;8D,9D,16D2;8D,9D. The number of ether oxygens (including phenoxy) is 6. The average Bonchev–Trinajstić information content (AvgIpc) is 1.57. The molecule has 0 aromatic heterocycles. The molecule has 6 N–H and O–H groups in total. The van der Waals surface area contributed by atoms with E-state index in [4.69, 9.17) is 33.9 Å². The molecule has 21 aliphatic rings. The molecule has 15 aliphatic carbocycles. The summed E-state index contributed by atoms with van der Waals surface area (Å²) in [5.74, 6) is 1.41. The number of aliphatic hydroxyl groups is 3. The molecule has 103 heavy (non-hydrogen) atoms. The molecular formula is C88H125N3O12. The molecule has 0 radical (unpaired) electrons. The normalized spacial score (nSPS) is 45.0. The highest BCUT2D eigenvalue weighted by atomic mass is 16.6. The fourth-order valence-corrected chi connectivity index (χ4v) is 28.0. The lowest BCUT2D eigenvalue weighted by Crippen LogP contribution is -2.83. The van der Waals surface area contributed by atoms with Crippen LogP contribution in [0.5, 0.6) is 34.5 Å². The van der Waals surface area contributed by atoms with Gasteiger partial charge in [-0.3, -0.25) is 14.7 Å². The van der Waals surface area contributed by atoms with E-state index in [0.29, 0.717) is 56.0 Å². The van der Waals surface area contributed by atoms with E-state index in [2.05, 4.69) is 77.0 Å². The molecule has 12 bridgehead atoms. The Bertz CT molecular complexity index is 4440. The summed E-state index contributed by atoms with van der Waals surface area (Å²) in [6.45, 7) is 25.4. The Morgan fingerprint density at radius 1 is 0.456 bits per heavy atom. The molecule has 6 heterocycles. The minimum absolute atomic E-state index is 0.0151. The fraction of sp³-hybridized carbons (Fsp3) is 0.795. The fourth-order valence-electron chi connectivity index (χ4n) is 28.0. The Kier molecular flexibility index (Phi) is 12.8. The highest BCUT2D eigenvalue weighted by Crippen LogP contribution is 2.82. The molecule has 3 aromatic rings. The van der Waals surface area contributed by atoms with Crippen LogP contribution in [0.2, 0.25) is 0 Å². The van der Waals surface area contributed by atoms with Gasteiger partial charge >= 0.3 is 0 Å². The molecule has 15 nitrogen and oxygen atoms in total. The Balaban J connectivity index is 0.000000112. The number of likely N-dealkylation sites (tertiary alicyclic amines) is 3. The summed E-state index contributed by atoms with van der Waals surface area (Å²) < 4.78 is 112. The van der Waals surface area contributed by atoms with Gasteiger partial charge in [-0.15, -0.1) is 0 Å². The molecule has 0 amide bonds. The van der Waals surface area contributed by atoms with Gasteiger partial charge in [0, 0.05) is 131 Å². The van der Waals surface area contributed by atoms with Crippen LogP contribution in [-0.4, -0.2) is 176 Å². The third-order valence-corrected chi connectivity index (χ3v) is 35.2. The second-order valence-electron chi connectivity index (χ2n) is 40.4. The number of phenols is 3. The number of methoxy groups -OCH3 is 3. The molecule has 15 heteroatoms. The van der Waals surface area contributed by atoms with Crippen LogP contribution in [0.3, 0.4) is 0 Å². The molecular weight excluding hydrogens is 1290 g/mol. The van der Waals surface area contributed by atoms with Crippen LogP contribution in [-0.2, 0) is 49.7 Å². The number of benzene rings is 3. The first-order valence-corrected chi connectivity index (χ1v) is 40.5. The van der Waals surface area contributed by atoms with Crippen molar-refractivity contribution < 1.29 is 70.0 Å². The van der Waals surface area contributed by atoms with Crippen LogP contribution >= 0.6 is 0 Å². The van der Waals surface area contributed by atoms with Crippen molar-refractivity contribution in [2.24, 2.45) is 68.0 Å². The quantitative estimate of drug-likeness (QED) is 0.0895. The van der Waals surface area contributed by atoms with Crippen molar-refractivity contribution >= 4 is 0 Å². The number of hydrogen-bond acceptors (Lipinski definition) is 15. The first-order valence-electron chi connectivity index (χ1n) is 44.5. The maximum absolute atomic E-state index is 12.4. The van der Waals surface area contributed by atoms with E-state index in [1.54, 1.807) is 27.4 Å². The summed E-state index contributed by atoms with van der Waals surface area (Å²) in [5.41, 5.74) is -2.61. The van der Waals surface area contributed by atoms with Crippen LogP contribution in [0.4, 0.5) is 0 Å². The molecule has 6 aliphatic heterocycles. The van der Waals surface area contributed by atoms with Gasteiger partial charge in [-0.1, -0.05) is 80.5 Å². The van der Waals surface area contributed by atoms with Crippen LogP contribution in [0.1, 0.15) is 249 Å². The predicted molar refractivity (Wildman–Crippen MR) is 395 cm³/mol. The zero-order valence-electron chi connectivity index (χ0n) is 72.4. The van der Waals surface area contributed by atoms with E-state index in [-0.39, 0.29) is 134 Å². The van der Waals surface area contributed by atoms with Gasteiger partial charge in [0.25, 0.3) is 0 Å². The molecule has 3 saturated heterocycles. The largest absolute Gasteiger partial charge is 0.504 e. The number of fused-ring (bicyclic) bond motifs is 6. The summed E-state index contributed by atoms with van der Waals surface area (Å²) in [5, 5.41) is 70.2. The molecule has 564 valence electrons. The minimum atomic E-state index is -1.45. The second-order valence-corrected chi connectivity index (χ2v) is 40.4. The summed E-state index contributed by atoms with van der Waals surface area (Å²) in [6.07, 6.45) is 17.6. The maximum atomic E-state index is 12.4. The zero-order chi connectivity index (χ0) is 79.4. The summed E-state index contributed by atoms with van der Waals surface area (Å²) in [6, 6.07) is 3.74. The van der Waals surface area contributed by atoms with Gasteiger partial charge in [-0.05, 0) is 251 Å². The van der Waals surface area contributed by atoms with E-state index in [0.717, 1.165) is 150 Å². The molecule has 12 saturated carbocycles. The lowest BCUT2D eigenvalue weighted by molar-refractivity contribution is -0.313. The van der Waals surface area contributed by atoms with Gasteiger partial charge in [0.2, 0.25) is 0 Å². The van der Waals surface area contributed by atoms with Crippen LogP contribution in [0.25, 0.3) is 0 Å². The lowest BCUT2D eigenvalue weighted by atomic mass is 9.33. The first-order chi connectivity index (χ1) is 51.8. The molecule has 21 atom stereocenters. The SMILES string of the molecule is [2H]C([2H])(C1CC1)N1CC[C@]23c4c5ccc(O)c4O[C@H]2[C@@]2(OC)CC[C@@]3(C[C@@H]2[C@](C)(O)C(C)(C)CC)[C@H]1C5.[2H]c1c([2H])c2c3c(c1O)O[C@H]1[C@@]4(OC)CC[C@@]5(C[C@@H]4[C@](C)(O)C(C)(C)C)[C@@H](C2)N(C([2H])([2H])C2CC2)CC[C@]315.[2H]c1c([2H])c2c3c(c1O)O[C@H]1[C@@]4(OC)CC[C@@]5(C[C@@H]4[C@](C)(O)C(C)(C)C)[C@@H](C2)N(CC2CC2)CC[C@]315. The number of piperidine rings is 3. The average molecular weight is 1430 g/mol. The third-order valence-electron chi connectivity index (χ3n) is 35.2. The van der Waals surface area contributed by atoms with Crippen LogP contribution in [0, 0.1) is 68.0 Å².